The summed E-state index contributed by atoms with van der Waals surface area (Å²) in [6.45, 7) is 5.80. The van der Waals surface area contributed by atoms with Crippen molar-refractivity contribution in [3.05, 3.63) is 95.4 Å². The Bertz CT molecular complexity index is 1180. The van der Waals surface area contributed by atoms with Gasteiger partial charge in [0.2, 0.25) is 0 Å². The summed E-state index contributed by atoms with van der Waals surface area (Å²) < 4.78 is 19.1. The zero-order valence-corrected chi connectivity index (χ0v) is 18.1. The predicted molar refractivity (Wildman–Crippen MR) is 123 cm³/mol. The van der Waals surface area contributed by atoms with Gasteiger partial charge in [-0.05, 0) is 74.9 Å². The molecule has 1 N–H and O–H groups in total. The van der Waals surface area contributed by atoms with Gasteiger partial charge >= 0.3 is 0 Å². The van der Waals surface area contributed by atoms with Crippen LogP contribution in [0.25, 0.3) is 5.57 Å². The normalized spacial score (nSPS) is 13.8. The van der Waals surface area contributed by atoms with E-state index in [-0.39, 0.29) is 17.4 Å². The second-order valence-electron chi connectivity index (χ2n) is 7.85. The third-order valence-corrected chi connectivity index (χ3v) is 5.00. The van der Waals surface area contributed by atoms with Crippen LogP contribution in [0.1, 0.15) is 25.0 Å². The van der Waals surface area contributed by atoms with Crippen molar-refractivity contribution in [2.24, 2.45) is 0 Å². The van der Waals surface area contributed by atoms with E-state index >= 15 is 0 Å². The highest BCUT2D eigenvalue weighted by Gasteiger charge is 2.40. The highest BCUT2D eigenvalue weighted by molar-refractivity contribution is 6.46. The van der Waals surface area contributed by atoms with Crippen LogP contribution >= 0.6 is 0 Å². The minimum atomic E-state index is -0.479. The summed E-state index contributed by atoms with van der Waals surface area (Å²) in [5, 5.41) is 3.10. The second kappa shape index (κ2) is 8.67. The van der Waals surface area contributed by atoms with Gasteiger partial charge in [-0.25, -0.2) is 9.29 Å². The predicted octanol–water partition coefficient (Wildman–Crippen LogP) is 5.32. The van der Waals surface area contributed by atoms with E-state index in [1.165, 1.54) is 24.3 Å². The van der Waals surface area contributed by atoms with Crippen molar-refractivity contribution in [2.75, 3.05) is 10.2 Å². The largest absolute Gasteiger partial charge is 0.491 e. The van der Waals surface area contributed by atoms with Crippen molar-refractivity contribution in [1.82, 2.24) is 0 Å². The van der Waals surface area contributed by atoms with Crippen LogP contribution in [0.15, 0.2) is 78.5 Å². The molecule has 0 aromatic heterocycles. The zero-order chi connectivity index (χ0) is 22.8. The third-order valence-electron chi connectivity index (χ3n) is 5.00. The molecule has 0 fully saturated rings. The highest BCUT2D eigenvalue weighted by Crippen LogP contribution is 2.34. The van der Waals surface area contributed by atoms with Crippen LogP contribution in [-0.4, -0.2) is 17.9 Å². The van der Waals surface area contributed by atoms with Gasteiger partial charge in [-0.3, -0.25) is 9.59 Å². The van der Waals surface area contributed by atoms with Gasteiger partial charge in [-0.2, -0.15) is 0 Å². The van der Waals surface area contributed by atoms with Crippen LogP contribution in [0.5, 0.6) is 5.75 Å². The van der Waals surface area contributed by atoms with Crippen molar-refractivity contribution in [3.63, 3.8) is 0 Å². The maximum absolute atomic E-state index is 13.5. The molecule has 0 aliphatic carbocycles. The monoisotopic (exact) mass is 430 g/mol. The molecule has 0 saturated carbocycles. The smallest absolute Gasteiger partial charge is 0.282 e. The molecule has 162 valence electrons. The molecule has 4 rings (SSSR count). The van der Waals surface area contributed by atoms with Gasteiger partial charge in [0, 0.05) is 5.69 Å². The summed E-state index contributed by atoms with van der Waals surface area (Å²) in [7, 11) is 0. The molecule has 3 aromatic rings. The third kappa shape index (κ3) is 4.25. The number of rotatable bonds is 6. The Morgan fingerprint density at radius 2 is 1.47 bits per heavy atom. The number of halogens is 1. The minimum absolute atomic E-state index is 0.00737. The van der Waals surface area contributed by atoms with Crippen LogP contribution in [0.3, 0.4) is 0 Å². The molecule has 1 aliphatic heterocycles. The first-order valence-corrected chi connectivity index (χ1v) is 10.3. The molecule has 0 atom stereocenters. The number of imide groups is 1. The zero-order valence-electron chi connectivity index (χ0n) is 18.1. The molecule has 0 bridgehead atoms. The first-order chi connectivity index (χ1) is 15.3. The van der Waals surface area contributed by atoms with Gasteiger partial charge in [0.15, 0.2) is 0 Å². The Labute approximate surface area is 186 Å². The summed E-state index contributed by atoms with van der Waals surface area (Å²) >= 11 is 0. The fourth-order valence-electron chi connectivity index (χ4n) is 3.49. The molecule has 0 spiro atoms. The minimum Gasteiger partial charge on any atom is -0.491 e. The number of ether oxygens (including phenoxy) is 1. The lowest BCUT2D eigenvalue weighted by molar-refractivity contribution is -0.120. The molecule has 32 heavy (non-hydrogen) atoms. The molecule has 0 radical (unpaired) electrons. The number of nitrogens with one attached hydrogen (secondary N) is 1. The summed E-state index contributed by atoms with van der Waals surface area (Å²) in [6.07, 6.45) is 0.00737. The molecular weight excluding hydrogens is 407 g/mol. The number of carbonyl (C=O) groups excluding carboxylic acids is 2. The van der Waals surface area contributed by atoms with Gasteiger partial charge in [0.1, 0.15) is 17.3 Å². The number of carbonyl (C=O) groups is 2. The molecule has 6 heteroatoms. The summed E-state index contributed by atoms with van der Waals surface area (Å²) in [5.74, 6) is -0.731. The van der Waals surface area contributed by atoms with Gasteiger partial charge in [-0.15, -0.1) is 0 Å². The number of nitrogens with zero attached hydrogens (tertiary/aromatic N) is 1. The van der Waals surface area contributed by atoms with Crippen LogP contribution in [0, 0.1) is 12.7 Å². The first-order valence-electron chi connectivity index (χ1n) is 10.3. The first kappa shape index (κ1) is 21.3. The summed E-state index contributed by atoms with van der Waals surface area (Å²) in [4.78, 5) is 27.9. The Hall–Kier alpha value is -3.93. The van der Waals surface area contributed by atoms with Crippen molar-refractivity contribution >= 4 is 28.8 Å². The van der Waals surface area contributed by atoms with E-state index in [0.717, 1.165) is 10.5 Å². The van der Waals surface area contributed by atoms with Crippen LogP contribution < -0.4 is 15.0 Å². The number of anilines is 2. The van der Waals surface area contributed by atoms with E-state index in [1.54, 1.807) is 24.3 Å². The fraction of sp³-hybridized carbons (Fsp3) is 0.154. The molecule has 0 unspecified atom stereocenters. The number of benzene rings is 3. The molecule has 1 heterocycles. The molecule has 1 aliphatic rings. The maximum Gasteiger partial charge on any atom is 0.282 e. The van der Waals surface area contributed by atoms with E-state index in [2.05, 4.69) is 5.32 Å². The van der Waals surface area contributed by atoms with Gasteiger partial charge in [-0.1, -0.05) is 29.8 Å². The summed E-state index contributed by atoms with van der Waals surface area (Å²) in [5.41, 5.74) is 2.97. The Balaban J connectivity index is 1.73. The van der Waals surface area contributed by atoms with Crippen molar-refractivity contribution in [1.29, 1.82) is 0 Å². The van der Waals surface area contributed by atoms with Crippen LogP contribution in [0.2, 0.25) is 0 Å². The lowest BCUT2D eigenvalue weighted by Gasteiger charge is -2.17. The van der Waals surface area contributed by atoms with E-state index in [9.17, 15) is 14.0 Å². The van der Waals surface area contributed by atoms with Crippen molar-refractivity contribution in [2.45, 2.75) is 26.9 Å². The maximum atomic E-state index is 13.5. The number of hydrogen-bond acceptors (Lipinski definition) is 4. The molecule has 5 nitrogen and oxygen atoms in total. The Kier molecular flexibility index (Phi) is 5.77. The molecule has 0 saturated heterocycles. The van der Waals surface area contributed by atoms with Crippen molar-refractivity contribution < 1.29 is 18.7 Å². The van der Waals surface area contributed by atoms with Gasteiger partial charge < -0.3 is 10.1 Å². The molecule has 3 aromatic carbocycles. The second-order valence-corrected chi connectivity index (χ2v) is 7.85. The summed E-state index contributed by atoms with van der Waals surface area (Å²) in [6, 6.07) is 19.8. The highest BCUT2D eigenvalue weighted by atomic mass is 19.1. The number of aryl methyl sites for hydroxylation is 1. The van der Waals surface area contributed by atoms with Gasteiger partial charge in [0.25, 0.3) is 11.8 Å². The Morgan fingerprint density at radius 1 is 0.844 bits per heavy atom. The number of hydrogen-bond donors (Lipinski definition) is 1. The van der Waals surface area contributed by atoms with E-state index < -0.39 is 17.6 Å². The lowest BCUT2D eigenvalue weighted by Crippen LogP contribution is -2.32. The van der Waals surface area contributed by atoms with Crippen molar-refractivity contribution in [3.8, 4) is 5.75 Å². The van der Waals surface area contributed by atoms with Crippen LogP contribution in [-0.2, 0) is 9.59 Å². The fourth-order valence-corrected chi connectivity index (χ4v) is 3.49. The standard InChI is InChI=1S/C26H23FN2O3/c1-16(2)32-22-14-12-21(13-15-22)29-25(30)23(18-6-8-19(27)9-7-18)24(26(29)31)28-20-10-4-17(3)5-11-20/h4-16,28H,1-3H3. The van der Waals surface area contributed by atoms with E-state index in [4.69, 9.17) is 4.74 Å². The average Bonchev–Trinajstić information content (AvgIpc) is 3.00. The van der Waals surface area contributed by atoms with Gasteiger partial charge in [0.05, 0.1) is 17.4 Å². The Morgan fingerprint density at radius 3 is 2.06 bits per heavy atom. The van der Waals surface area contributed by atoms with E-state index in [1.807, 2.05) is 45.0 Å². The molecular formula is C26H23FN2O3. The SMILES string of the molecule is Cc1ccc(NC2=C(c3ccc(F)cc3)C(=O)N(c3ccc(OC(C)C)cc3)C2=O)cc1. The van der Waals surface area contributed by atoms with E-state index in [0.29, 0.717) is 22.7 Å². The quantitative estimate of drug-likeness (QED) is 0.538. The topological polar surface area (TPSA) is 58.6 Å². The number of amides is 2. The lowest BCUT2D eigenvalue weighted by atomic mass is 10.0. The average molecular weight is 430 g/mol. The van der Waals surface area contributed by atoms with Crippen LogP contribution in [0.4, 0.5) is 15.8 Å². The molecule has 2 amide bonds.